The normalized spacial score (nSPS) is 10.6. The minimum absolute atomic E-state index is 0.219. The number of rotatable bonds is 4. The van der Waals surface area contributed by atoms with E-state index >= 15 is 0 Å². The Balaban J connectivity index is 2.23. The lowest BCUT2D eigenvalue weighted by atomic mass is 10.1. The molecule has 0 aliphatic heterocycles. The van der Waals surface area contributed by atoms with E-state index in [1.807, 2.05) is 24.3 Å². The Morgan fingerprint density at radius 1 is 1.05 bits per heavy atom. The van der Waals surface area contributed by atoms with Crippen LogP contribution in [0.2, 0.25) is 0 Å². The summed E-state index contributed by atoms with van der Waals surface area (Å²) in [5.74, 6) is 1.35. The highest BCUT2D eigenvalue weighted by atomic mass is 16.5. The fourth-order valence-electron chi connectivity index (χ4n) is 1.59. The smallest absolute Gasteiger partial charge is 0.264 e. The van der Waals surface area contributed by atoms with Crippen LogP contribution in [0.5, 0.6) is 11.5 Å². The van der Waals surface area contributed by atoms with Crippen molar-refractivity contribution in [3.8, 4) is 11.5 Å². The Kier molecular flexibility index (Phi) is 3.97. The van der Waals surface area contributed by atoms with E-state index in [-0.39, 0.29) is 5.56 Å². The summed E-state index contributed by atoms with van der Waals surface area (Å²) in [6, 6.07) is 8.68. The summed E-state index contributed by atoms with van der Waals surface area (Å²) in [6.07, 6.45) is 3.68. The third-order valence-electron chi connectivity index (χ3n) is 2.55. The summed E-state index contributed by atoms with van der Waals surface area (Å²) < 4.78 is 10.4. The number of nitrogens with zero attached hydrogens (tertiary/aromatic N) is 1. The molecule has 0 unspecified atom stereocenters. The maximum atomic E-state index is 10.9. The monoisotopic (exact) mass is 258 g/mol. The van der Waals surface area contributed by atoms with Crippen LogP contribution >= 0.6 is 0 Å². The van der Waals surface area contributed by atoms with Gasteiger partial charge < -0.3 is 9.47 Å². The van der Waals surface area contributed by atoms with Gasteiger partial charge in [-0.2, -0.15) is 5.10 Å². The van der Waals surface area contributed by atoms with Crippen LogP contribution in [-0.4, -0.2) is 24.4 Å². The van der Waals surface area contributed by atoms with Crippen molar-refractivity contribution in [2.45, 2.75) is 0 Å². The molecule has 1 N–H and O–H groups in total. The molecule has 0 atom stereocenters. The van der Waals surface area contributed by atoms with Crippen LogP contribution in [-0.2, 0) is 0 Å². The molecule has 2 aromatic rings. The highest BCUT2D eigenvalue weighted by Crippen LogP contribution is 2.28. The van der Waals surface area contributed by atoms with Gasteiger partial charge in [0.1, 0.15) is 0 Å². The number of nitrogens with one attached hydrogen (secondary N) is 1. The number of aromatic amines is 1. The summed E-state index contributed by atoms with van der Waals surface area (Å²) in [5, 5.41) is 6.26. The Morgan fingerprint density at radius 3 is 2.47 bits per heavy atom. The molecule has 0 aliphatic rings. The van der Waals surface area contributed by atoms with Gasteiger partial charge in [-0.15, -0.1) is 0 Å². The zero-order chi connectivity index (χ0) is 13.7. The third kappa shape index (κ3) is 3.22. The molecule has 19 heavy (non-hydrogen) atoms. The fraction of sp³-hybridized carbons (Fsp3) is 0.143. The molecular formula is C14H14N2O3. The third-order valence-corrected chi connectivity index (χ3v) is 2.55. The summed E-state index contributed by atoms with van der Waals surface area (Å²) in [7, 11) is 3.19. The van der Waals surface area contributed by atoms with E-state index < -0.39 is 0 Å². The molecule has 0 saturated heterocycles. The molecule has 98 valence electrons. The van der Waals surface area contributed by atoms with Crippen LogP contribution in [0.15, 0.2) is 35.1 Å². The van der Waals surface area contributed by atoms with E-state index in [1.54, 1.807) is 26.4 Å². The van der Waals surface area contributed by atoms with Crippen LogP contribution in [0.3, 0.4) is 0 Å². The molecular weight excluding hydrogens is 244 g/mol. The summed E-state index contributed by atoms with van der Waals surface area (Å²) >= 11 is 0. The maximum Gasteiger partial charge on any atom is 0.264 e. The average Bonchev–Trinajstić information content (AvgIpc) is 2.46. The van der Waals surface area contributed by atoms with E-state index in [2.05, 4.69) is 10.2 Å². The van der Waals surface area contributed by atoms with Gasteiger partial charge in [-0.1, -0.05) is 12.1 Å². The molecule has 5 nitrogen and oxygen atoms in total. The largest absolute Gasteiger partial charge is 0.493 e. The number of aromatic nitrogens is 2. The quantitative estimate of drug-likeness (QED) is 0.910. The minimum Gasteiger partial charge on any atom is -0.493 e. The van der Waals surface area contributed by atoms with Crippen LogP contribution in [0.4, 0.5) is 0 Å². The summed E-state index contributed by atoms with van der Waals surface area (Å²) in [4.78, 5) is 10.9. The van der Waals surface area contributed by atoms with E-state index in [0.717, 1.165) is 5.56 Å². The lowest BCUT2D eigenvalue weighted by molar-refractivity contribution is 0.355. The van der Waals surface area contributed by atoms with Gasteiger partial charge in [0, 0.05) is 6.07 Å². The van der Waals surface area contributed by atoms with Crippen LogP contribution < -0.4 is 15.0 Å². The first kappa shape index (κ1) is 12.9. The predicted octanol–water partition coefficient (Wildman–Crippen LogP) is 1.96. The summed E-state index contributed by atoms with van der Waals surface area (Å²) in [6.45, 7) is 0. The maximum absolute atomic E-state index is 10.9. The van der Waals surface area contributed by atoms with Gasteiger partial charge in [0.15, 0.2) is 11.5 Å². The molecule has 0 radical (unpaired) electrons. The summed E-state index contributed by atoms with van der Waals surface area (Å²) in [5.41, 5.74) is 1.41. The Hall–Kier alpha value is -2.56. The zero-order valence-electron chi connectivity index (χ0n) is 10.7. The lowest BCUT2D eigenvalue weighted by Crippen LogP contribution is -2.05. The van der Waals surface area contributed by atoms with Gasteiger partial charge in [-0.25, -0.2) is 5.10 Å². The molecule has 0 amide bonds. The zero-order valence-corrected chi connectivity index (χ0v) is 10.7. The van der Waals surface area contributed by atoms with E-state index in [0.29, 0.717) is 17.2 Å². The lowest BCUT2D eigenvalue weighted by Gasteiger charge is -2.07. The fourth-order valence-corrected chi connectivity index (χ4v) is 1.59. The Labute approximate surface area is 110 Å². The predicted molar refractivity (Wildman–Crippen MR) is 73.3 cm³/mol. The first-order chi connectivity index (χ1) is 9.22. The van der Waals surface area contributed by atoms with Gasteiger partial charge >= 0.3 is 0 Å². The first-order valence-electron chi connectivity index (χ1n) is 5.69. The van der Waals surface area contributed by atoms with E-state index in [4.69, 9.17) is 9.47 Å². The number of methoxy groups -OCH3 is 2. The number of hydrogen-bond acceptors (Lipinski definition) is 4. The van der Waals surface area contributed by atoms with Crippen molar-refractivity contribution in [2.24, 2.45) is 0 Å². The second kappa shape index (κ2) is 5.86. The molecule has 0 aliphatic carbocycles. The van der Waals surface area contributed by atoms with Gasteiger partial charge in [-0.3, -0.25) is 4.79 Å². The van der Waals surface area contributed by atoms with Crippen molar-refractivity contribution < 1.29 is 9.47 Å². The van der Waals surface area contributed by atoms with Gasteiger partial charge in [0.2, 0.25) is 0 Å². The molecule has 0 spiro atoms. The topological polar surface area (TPSA) is 64.2 Å². The average molecular weight is 258 g/mol. The van der Waals surface area contributed by atoms with E-state index in [1.165, 1.54) is 6.07 Å². The molecule has 1 aromatic heterocycles. The molecule has 0 fully saturated rings. The highest BCUT2D eigenvalue weighted by molar-refractivity contribution is 5.69. The second-order valence-corrected chi connectivity index (χ2v) is 3.79. The van der Waals surface area contributed by atoms with Crippen molar-refractivity contribution in [3.05, 3.63) is 51.9 Å². The standard InChI is InChI=1S/C14H14N2O3/c1-18-12-7-4-10(9-13(12)19-2)3-5-11-6-8-14(17)16-15-11/h3-9H,1-2H3,(H,16,17). The molecule has 1 aromatic carbocycles. The molecule has 5 heteroatoms. The van der Waals surface area contributed by atoms with Crippen LogP contribution in [0.25, 0.3) is 12.2 Å². The number of H-pyrrole nitrogens is 1. The number of benzene rings is 1. The SMILES string of the molecule is COc1ccc(C=Cc2ccc(=O)[nH]n2)cc1OC. The molecule has 0 saturated carbocycles. The van der Waals surface area contributed by atoms with Crippen molar-refractivity contribution in [3.63, 3.8) is 0 Å². The van der Waals surface area contributed by atoms with Crippen LogP contribution in [0.1, 0.15) is 11.3 Å². The molecule has 0 bridgehead atoms. The number of ether oxygens (including phenoxy) is 2. The van der Waals surface area contributed by atoms with E-state index in [9.17, 15) is 4.79 Å². The Morgan fingerprint density at radius 2 is 1.84 bits per heavy atom. The van der Waals surface area contributed by atoms with Crippen molar-refractivity contribution in [1.82, 2.24) is 10.2 Å². The Bertz CT molecular complexity index is 627. The first-order valence-corrected chi connectivity index (χ1v) is 5.69. The van der Waals surface area contributed by atoms with Gasteiger partial charge in [0.25, 0.3) is 5.56 Å². The highest BCUT2D eigenvalue weighted by Gasteiger charge is 2.02. The van der Waals surface area contributed by atoms with Crippen LogP contribution in [0, 0.1) is 0 Å². The second-order valence-electron chi connectivity index (χ2n) is 3.79. The van der Waals surface area contributed by atoms with Crippen molar-refractivity contribution in [1.29, 1.82) is 0 Å². The van der Waals surface area contributed by atoms with Gasteiger partial charge in [-0.05, 0) is 29.8 Å². The minimum atomic E-state index is -0.219. The number of hydrogen-bond donors (Lipinski definition) is 1. The van der Waals surface area contributed by atoms with Crippen molar-refractivity contribution >= 4 is 12.2 Å². The van der Waals surface area contributed by atoms with Gasteiger partial charge in [0.05, 0.1) is 19.9 Å². The molecule has 2 rings (SSSR count). The van der Waals surface area contributed by atoms with Crippen molar-refractivity contribution in [2.75, 3.05) is 14.2 Å². The molecule has 1 heterocycles.